The molecule has 3 nitrogen and oxygen atoms in total. The SMILES string of the molecule is Cc1cccc(C(=O)N=CN(C)C)c1. The van der Waals surface area contributed by atoms with Crippen molar-refractivity contribution in [1.29, 1.82) is 0 Å². The molecule has 0 bridgehead atoms. The summed E-state index contributed by atoms with van der Waals surface area (Å²) in [5, 5.41) is 0. The first kappa shape index (κ1) is 10.4. The van der Waals surface area contributed by atoms with E-state index in [2.05, 4.69) is 4.99 Å². The van der Waals surface area contributed by atoms with Gasteiger partial charge in [-0.05, 0) is 19.1 Å². The molecule has 0 heterocycles. The molecule has 1 rings (SSSR count). The van der Waals surface area contributed by atoms with E-state index in [4.69, 9.17) is 0 Å². The highest BCUT2D eigenvalue weighted by atomic mass is 16.1. The minimum absolute atomic E-state index is 0.206. The number of aryl methyl sites for hydroxylation is 1. The predicted octanol–water partition coefficient (Wildman–Crippen LogP) is 1.73. The third-order valence-corrected chi connectivity index (χ3v) is 1.67. The smallest absolute Gasteiger partial charge is 0.278 e. The molecule has 0 N–H and O–H groups in total. The standard InChI is InChI=1S/C11H14N2O/c1-9-5-4-6-10(7-9)11(14)12-8-13(2)3/h4-8H,1-3H3. The minimum atomic E-state index is -0.206. The van der Waals surface area contributed by atoms with Crippen LogP contribution in [0.15, 0.2) is 29.3 Å². The highest BCUT2D eigenvalue weighted by molar-refractivity contribution is 5.98. The Labute approximate surface area is 84.1 Å². The van der Waals surface area contributed by atoms with E-state index in [1.165, 1.54) is 6.34 Å². The Morgan fingerprint density at radius 1 is 1.43 bits per heavy atom. The number of carbonyl (C=O) groups excluding carboxylic acids is 1. The molecule has 0 fully saturated rings. The lowest BCUT2D eigenvalue weighted by Gasteiger charge is -2.01. The molecule has 0 unspecified atom stereocenters. The van der Waals surface area contributed by atoms with Crippen LogP contribution < -0.4 is 0 Å². The van der Waals surface area contributed by atoms with Crippen molar-refractivity contribution in [2.75, 3.05) is 14.1 Å². The summed E-state index contributed by atoms with van der Waals surface area (Å²) in [4.78, 5) is 17.0. The topological polar surface area (TPSA) is 32.7 Å². The quantitative estimate of drug-likeness (QED) is 0.525. The van der Waals surface area contributed by atoms with Crippen LogP contribution >= 0.6 is 0 Å². The Kier molecular flexibility index (Phi) is 3.40. The van der Waals surface area contributed by atoms with E-state index in [0.717, 1.165) is 5.56 Å². The third kappa shape index (κ3) is 3.01. The fourth-order valence-corrected chi connectivity index (χ4v) is 1.02. The molecule has 3 heteroatoms. The summed E-state index contributed by atoms with van der Waals surface area (Å²) >= 11 is 0. The molecule has 74 valence electrons. The summed E-state index contributed by atoms with van der Waals surface area (Å²) in [7, 11) is 3.65. The van der Waals surface area contributed by atoms with Gasteiger partial charge in [-0.15, -0.1) is 0 Å². The van der Waals surface area contributed by atoms with Gasteiger partial charge in [-0.3, -0.25) is 4.79 Å². The van der Waals surface area contributed by atoms with E-state index < -0.39 is 0 Å². The lowest BCUT2D eigenvalue weighted by atomic mass is 10.1. The van der Waals surface area contributed by atoms with Crippen molar-refractivity contribution in [3.05, 3.63) is 35.4 Å². The monoisotopic (exact) mass is 190 g/mol. The molecule has 0 saturated heterocycles. The number of carbonyl (C=O) groups is 1. The van der Waals surface area contributed by atoms with Crippen LogP contribution in [0.1, 0.15) is 15.9 Å². The lowest BCUT2D eigenvalue weighted by molar-refractivity contribution is 0.100. The van der Waals surface area contributed by atoms with E-state index in [0.29, 0.717) is 5.56 Å². The fraction of sp³-hybridized carbons (Fsp3) is 0.273. The van der Waals surface area contributed by atoms with Crippen LogP contribution in [-0.4, -0.2) is 31.2 Å². The maximum absolute atomic E-state index is 11.5. The Bertz CT molecular complexity index is 356. The van der Waals surface area contributed by atoms with Gasteiger partial charge in [0.05, 0.1) is 6.34 Å². The summed E-state index contributed by atoms with van der Waals surface area (Å²) < 4.78 is 0. The normalized spacial score (nSPS) is 10.5. The first-order chi connectivity index (χ1) is 6.59. The van der Waals surface area contributed by atoms with Crippen LogP contribution in [0.5, 0.6) is 0 Å². The van der Waals surface area contributed by atoms with Gasteiger partial charge in [0.25, 0.3) is 5.91 Å². The summed E-state index contributed by atoms with van der Waals surface area (Å²) in [6, 6.07) is 7.40. The largest absolute Gasteiger partial charge is 0.369 e. The van der Waals surface area contributed by atoms with Crippen LogP contribution in [0.3, 0.4) is 0 Å². The summed E-state index contributed by atoms with van der Waals surface area (Å²) in [5.41, 5.74) is 1.69. The van der Waals surface area contributed by atoms with Crippen molar-refractivity contribution in [1.82, 2.24) is 4.90 Å². The molecule has 1 amide bonds. The number of rotatable bonds is 2. The van der Waals surface area contributed by atoms with Crippen molar-refractivity contribution in [3.63, 3.8) is 0 Å². The molecule has 0 atom stereocenters. The molecule has 14 heavy (non-hydrogen) atoms. The van der Waals surface area contributed by atoms with Gasteiger partial charge in [-0.25, -0.2) is 0 Å². The van der Waals surface area contributed by atoms with Crippen LogP contribution in [0, 0.1) is 6.92 Å². The molecule has 0 aromatic heterocycles. The maximum atomic E-state index is 11.5. The molecule has 1 aromatic carbocycles. The van der Waals surface area contributed by atoms with Crippen molar-refractivity contribution in [2.45, 2.75) is 6.92 Å². The molecular weight excluding hydrogens is 176 g/mol. The Morgan fingerprint density at radius 3 is 2.71 bits per heavy atom. The molecule has 1 aromatic rings. The van der Waals surface area contributed by atoms with Crippen LogP contribution in [0.25, 0.3) is 0 Å². The van der Waals surface area contributed by atoms with Crippen molar-refractivity contribution in [2.24, 2.45) is 4.99 Å². The highest BCUT2D eigenvalue weighted by Gasteiger charge is 2.01. The predicted molar refractivity (Wildman–Crippen MR) is 57.7 cm³/mol. The van der Waals surface area contributed by atoms with E-state index in [-0.39, 0.29) is 5.91 Å². The maximum Gasteiger partial charge on any atom is 0.278 e. The molecule has 0 saturated carbocycles. The molecule has 0 spiro atoms. The molecule has 0 aliphatic carbocycles. The van der Waals surface area contributed by atoms with Crippen molar-refractivity contribution < 1.29 is 4.79 Å². The Morgan fingerprint density at radius 2 is 2.14 bits per heavy atom. The number of amides is 1. The van der Waals surface area contributed by atoms with Gasteiger partial charge in [0.1, 0.15) is 0 Å². The molecule has 0 radical (unpaired) electrons. The number of nitrogens with zero attached hydrogens (tertiary/aromatic N) is 2. The first-order valence-electron chi connectivity index (χ1n) is 4.41. The first-order valence-corrected chi connectivity index (χ1v) is 4.41. The number of aliphatic imine (C=N–C) groups is 1. The Balaban J connectivity index is 2.80. The van der Waals surface area contributed by atoms with Gasteiger partial charge in [-0.1, -0.05) is 17.7 Å². The highest BCUT2D eigenvalue weighted by Crippen LogP contribution is 2.04. The van der Waals surface area contributed by atoms with Gasteiger partial charge in [0.2, 0.25) is 0 Å². The zero-order valence-corrected chi connectivity index (χ0v) is 8.69. The second-order valence-corrected chi connectivity index (χ2v) is 3.38. The summed E-state index contributed by atoms with van der Waals surface area (Å²) in [5.74, 6) is -0.206. The lowest BCUT2D eigenvalue weighted by Crippen LogP contribution is -2.09. The summed E-state index contributed by atoms with van der Waals surface area (Å²) in [6.07, 6.45) is 1.50. The zero-order chi connectivity index (χ0) is 10.6. The molecular formula is C11H14N2O. The van der Waals surface area contributed by atoms with E-state index in [1.54, 1.807) is 11.0 Å². The second kappa shape index (κ2) is 4.56. The number of hydrogen-bond acceptors (Lipinski definition) is 1. The van der Waals surface area contributed by atoms with Gasteiger partial charge in [0.15, 0.2) is 0 Å². The molecule has 0 aliphatic heterocycles. The van der Waals surface area contributed by atoms with Crippen molar-refractivity contribution in [3.8, 4) is 0 Å². The van der Waals surface area contributed by atoms with Gasteiger partial charge in [-0.2, -0.15) is 4.99 Å². The van der Waals surface area contributed by atoms with E-state index in [1.807, 2.05) is 39.2 Å². The molecule has 0 aliphatic rings. The number of benzene rings is 1. The zero-order valence-electron chi connectivity index (χ0n) is 8.69. The van der Waals surface area contributed by atoms with E-state index >= 15 is 0 Å². The van der Waals surface area contributed by atoms with Crippen LogP contribution in [0.4, 0.5) is 0 Å². The van der Waals surface area contributed by atoms with Gasteiger partial charge in [0, 0.05) is 19.7 Å². The van der Waals surface area contributed by atoms with Crippen LogP contribution in [-0.2, 0) is 0 Å². The Hall–Kier alpha value is -1.64. The summed E-state index contributed by atoms with van der Waals surface area (Å²) in [6.45, 7) is 1.95. The fourth-order valence-electron chi connectivity index (χ4n) is 1.02. The van der Waals surface area contributed by atoms with Gasteiger partial charge < -0.3 is 4.90 Å². The average Bonchev–Trinajstić information content (AvgIpc) is 2.14. The third-order valence-electron chi connectivity index (χ3n) is 1.67. The minimum Gasteiger partial charge on any atom is -0.369 e. The van der Waals surface area contributed by atoms with Crippen molar-refractivity contribution >= 4 is 12.2 Å². The van der Waals surface area contributed by atoms with Crippen LogP contribution in [0.2, 0.25) is 0 Å². The number of hydrogen-bond donors (Lipinski definition) is 0. The van der Waals surface area contributed by atoms with E-state index in [9.17, 15) is 4.79 Å². The van der Waals surface area contributed by atoms with Gasteiger partial charge >= 0.3 is 0 Å². The second-order valence-electron chi connectivity index (χ2n) is 3.38. The average molecular weight is 190 g/mol.